The lowest BCUT2D eigenvalue weighted by atomic mass is 10.1. The molecule has 1 saturated carbocycles. The lowest BCUT2D eigenvalue weighted by Crippen LogP contribution is -2.34. The maximum Gasteiger partial charge on any atom is 0.225 e. The molecule has 6 heteroatoms. The third kappa shape index (κ3) is 3.13. The highest BCUT2D eigenvalue weighted by atomic mass is 16.2. The number of aryl methyl sites for hydroxylation is 1. The Hall–Kier alpha value is -2.37. The molecule has 1 saturated heterocycles. The summed E-state index contributed by atoms with van der Waals surface area (Å²) in [5, 5.41) is 3.00. The molecule has 2 fully saturated rings. The van der Waals surface area contributed by atoms with Crippen molar-refractivity contribution < 1.29 is 9.59 Å². The fourth-order valence-electron chi connectivity index (χ4n) is 3.76. The zero-order valence-corrected chi connectivity index (χ0v) is 14.6. The van der Waals surface area contributed by atoms with Gasteiger partial charge in [0.05, 0.1) is 17.0 Å². The predicted octanol–water partition coefficient (Wildman–Crippen LogP) is 1.73. The van der Waals surface area contributed by atoms with Crippen LogP contribution >= 0.6 is 0 Å². The van der Waals surface area contributed by atoms with E-state index < -0.39 is 0 Å². The van der Waals surface area contributed by atoms with E-state index in [1.807, 2.05) is 23.1 Å². The maximum atomic E-state index is 12.4. The van der Waals surface area contributed by atoms with Crippen LogP contribution in [0.3, 0.4) is 0 Å². The van der Waals surface area contributed by atoms with Crippen molar-refractivity contribution in [3.63, 3.8) is 0 Å². The molecule has 2 aromatic rings. The third-order valence-electron chi connectivity index (χ3n) is 5.21. The molecule has 25 heavy (non-hydrogen) atoms. The number of imidazole rings is 1. The van der Waals surface area contributed by atoms with Crippen LogP contribution in [-0.2, 0) is 22.6 Å². The molecule has 1 atom stereocenters. The molecule has 0 spiro atoms. The molecular formula is C19H24N4O2. The van der Waals surface area contributed by atoms with Gasteiger partial charge in [-0.3, -0.25) is 9.59 Å². The number of nitrogens with one attached hydrogen (secondary N) is 1. The molecule has 2 amide bonds. The zero-order valence-electron chi connectivity index (χ0n) is 14.6. The standard InChI is InChI=1S/C19H24N4O2/c1-2-22-16-6-4-3-5-15(16)21-17(22)9-10-20-19(25)13-11-18(24)23(12-13)14-7-8-14/h3-6,13-14H,2,7-12H2,1H3,(H,20,25)/t13-/m0/s1. The van der Waals surface area contributed by atoms with E-state index in [0.29, 0.717) is 32.0 Å². The number of carbonyl (C=O) groups is 2. The van der Waals surface area contributed by atoms with Crippen molar-refractivity contribution in [2.24, 2.45) is 5.92 Å². The van der Waals surface area contributed by atoms with Crippen molar-refractivity contribution in [2.75, 3.05) is 13.1 Å². The largest absolute Gasteiger partial charge is 0.355 e. The van der Waals surface area contributed by atoms with Gasteiger partial charge in [-0.25, -0.2) is 4.98 Å². The lowest BCUT2D eigenvalue weighted by Gasteiger charge is -2.15. The Bertz CT molecular complexity index is 809. The van der Waals surface area contributed by atoms with E-state index in [2.05, 4.69) is 27.9 Å². The second kappa shape index (κ2) is 6.50. The summed E-state index contributed by atoms with van der Waals surface area (Å²) in [5.41, 5.74) is 2.12. The molecule has 2 aliphatic rings. The highest BCUT2D eigenvalue weighted by molar-refractivity contribution is 5.89. The van der Waals surface area contributed by atoms with Crippen LogP contribution < -0.4 is 5.32 Å². The van der Waals surface area contributed by atoms with Gasteiger partial charge < -0.3 is 14.8 Å². The second-order valence-corrected chi connectivity index (χ2v) is 6.98. The van der Waals surface area contributed by atoms with E-state index in [9.17, 15) is 9.59 Å². The molecular weight excluding hydrogens is 316 g/mol. The van der Waals surface area contributed by atoms with Crippen LogP contribution in [0.15, 0.2) is 24.3 Å². The van der Waals surface area contributed by atoms with Gasteiger partial charge in [0.25, 0.3) is 0 Å². The van der Waals surface area contributed by atoms with Gasteiger partial charge in [0.2, 0.25) is 11.8 Å². The van der Waals surface area contributed by atoms with Crippen molar-refractivity contribution in [1.82, 2.24) is 19.8 Å². The highest BCUT2D eigenvalue weighted by Gasteiger charge is 2.41. The first-order valence-electron chi connectivity index (χ1n) is 9.18. The van der Waals surface area contributed by atoms with E-state index in [1.165, 1.54) is 0 Å². The predicted molar refractivity (Wildman–Crippen MR) is 95.0 cm³/mol. The summed E-state index contributed by atoms with van der Waals surface area (Å²) >= 11 is 0. The molecule has 1 aromatic carbocycles. The van der Waals surface area contributed by atoms with Gasteiger partial charge in [0.15, 0.2) is 0 Å². The minimum Gasteiger partial charge on any atom is -0.355 e. The van der Waals surface area contributed by atoms with Crippen LogP contribution in [0.2, 0.25) is 0 Å². The number of likely N-dealkylation sites (tertiary alicyclic amines) is 1. The quantitative estimate of drug-likeness (QED) is 0.871. The molecule has 1 aliphatic carbocycles. The first-order chi connectivity index (χ1) is 12.2. The molecule has 0 radical (unpaired) electrons. The number of para-hydroxylation sites is 2. The van der Waals surface area contributed by atoms with Gasteiger partial charge in [0, 0.05) is 38.5 Å². The SMILES string of the molecule is CCn1c(CCNC(=O)[C@H]2CC(=O)N(C3CC3)C2)nc2ccccc21. The first-order valence-corrected chi connectivity index (χ1v) is 9.18. The average Bonchev–Trinajstić information content (AvgIpc) is 3.28. The van der Waals surface area contributed by atoms with Crippen LogP contribution in [0.1, 0.15) is 32.0 Å². The normalized spacial score (nSPS) is 20.4. The first kappa shape index (κ1) is 16.1. The van der Waals surface area contributed by atoms with Crippen molar-refractivity contribution in [1.29, 1.82) is 0 Å². The Labute approximate surface area is 147 Å². The number of rotatable bonds is 6. The minimum absolute atomic E-state index is 0.00402. The molecule has 1 aromatic heterocycles. The molecule has 6 nitrogen and oxygen atoms in total. The Balaban J connectivity index is 1.35. The number of hydrogen-bond donors (Lipinski definition) is 1. The summed E-state index contributed by atoms with van der Waals surface area (Å²) in [6.07, 6.45) is 3.23. The minimum atomic E-state index is -0.196. The molecule has 1 N–H and O–H groups in total. The van der Waals surface area contributed by atoms with E-state index in [-0.39, 0.29) is 17.7 Å². The van der Waals surface area contributed by atoms with Crippen LogP contribution in [-0.4, -0.2) is 45.4 Å². The van der Waals surface area contributed by atoms with Gasteiger partial charge in [0.1, 0.15) is 5.82 Å². The van der Waals surface area contributed by atoms with E-state index >= 15 is 0 Å². The van der Waals surface area contributed by atoms with Crippen molar-refractivity contribution >= 4 is 22.8 Å². The second-order valence-electron chi connectivity index (χ2n) is 6.98. The van der Waals surface area contributed by atoms with Crippen LogP contribution in [0, 0.1) is 5.92 Å². The maximum absolute atomic E-state index is 12.4. The van der Waals surface area contributed by atoms with Crippen LogP contribution in [0.25, 0.3) is 11.0 Å². The van der Waals surface area contributed by atoms with E-state index in [0.717, 1.165) is 36.2 Å². The van der Waals surface area contributed by atoms with Gasteiger partial charge in [-0.1, -0.05) is 12.1 Å². The number of nitrogens with zero attached hydrogens (tertiary/aromatic N) is 3. The molecule has 1 aliphatic heterocycles. The highest BCUT2D eigenvalue weighted by Crippen LogP contribution is 2.32. The third-order valence-corrected chi connectivity index (χ3v) is 5.21. The Morgan fingerprint density at radius 2 is 2.12 bits per heavy atom. The van der Waals surface area contributed by atoms with Gasteiger partial charge in [-0.15, -0.1) is 0 Å². The number of fused-ring (bicyclic) bond motifs is 1. The summed E-state index contributed by atoms with van der Waals surface area (Å²) < 4.78 is 2.19. The number of benzene rings is 1. The van der Waals surface area contributed by atoms with Gasteiger partial charge in [-0.2, -0.15) is 0 Å². The van der Waals surface area contributed by atoms with Crippen molar-refractivity contribution in [3.8, 4) is 0 Å². The molecule has 2 heterocycles. The van der Waals surface area contributed by atoms with Gasteiger partial charge >= 0.3 is 0 Å². The molecule has 132 valence electrons. The number of hydrogen-bond acceptors (Lipinski definition) is 3. The summed E-state index contributed by atoms with van der Waals surface area (Å²) in [4.78, 5) is 30.9. The van der Waals surface area contributed by atoms with Crippen molar-refractivity contribution in [3.05, 3.63) is 30.1 Å². The fourth-order valence-corrected chi connectivity index (χ4v) is 3.76. The molecule has 0 bridgehead atoms. The number of amides is 2. The zero-order chi connectivity index (χ0) is 17.4. The summed E-state index contributed by atoms with van der Waals surface area (Å²) in [5.74, 6) is 0.926. The lowest BCUT2D eigenvalue weighted by molar-refractivity contribution is -0.129. The Morgan fingerprint density at radius 3 is 2.88 bits per heavy atom. The number of carbonyl (C=O) groups excluding carboxylic acids is 2. The van der Waals surface area contributed by atoms with Crippen LogP contribution in [0.4, 0.5) is 0 Å². The van der Waals surface area contributed by atoms with E-state index in [4.69, 9.17) is 0 Å². The summed E-state index contributed by atoms with van der Waals surface area (Å²) in [7, 11) is 0. The summed E-state index contributed by atoms with van der Waals surface area (Å²) in [6, 6.07) is 8.49. The monoisotopic (exact) mass is 340 g/mol. The van der Waals surface area contributed by atoms with Gasteiger partial charge in [-0.05, 0) is 31.9 Å². The topological polar surface area (TPSA) is 67.2 Å². The Kier molecular flexibility index (Phi) is 4.19. The molecule has 0 unspecified atom stereocenters. The Morgan fingerprint density at radius 1 is 1.32 bits per heavy atom. The molecule has 4 rings (SSSR count). The van der Waals surface area contributed by atoms with Crippen molar-refractivity contribution in [2.45, 2.75) is 45.2 Å². The fraction of sp³-hybridized carbons (Fsp3) is 0.526. The average molecular weight is 340 g/mol. The van der Waals surface area contributed by atoms with E-state index in [1.54, 1.807) is 0 Å². The van der Waals surface area contributed by atoms with Crippen LogP contribution in [0.5, 0.6) is 0 Å². The smallest absolute Gasteiger partial charge is 0.225 e. The summed E-state index contributed by atoms with van der Waals surface area (Å²) in [6.45, 7) is 4.10. The number of aromatic nitrogens is 2.